The fourth-order valence-corrected chi connectivity index (χ4v) is 3.12. The Morgan fingerprint density at radius 2 is 2.52 bits per heavy atom. The van der Waals surface area contributed by atoms with Gasteiger partial charge in [0.25, 0.3) is 0 Å². The van der Waals surface area contributed by atoms with Crippen molar-refractivity contribution in [3.8, 4) is 0 Å². The van der Waals surface area contributed by atoms with E-state index in [4.69, 9.17) is 9.15 Å². The second-order valence-corrected chi connectivity index (χ2v) is 6.65. The SMILES string of the molecule is C[C@@H](Sc1nnnn1Cc1ccco1)C(=O)NC[C@H]1CCCO1. The van der Waals surface area contributed by atoms with Crippen molar-refractivity contribution in [2.45, 2.75) is 42.8 Å². The van der Waals surface area contributed by atoms with Crippen molar-refractivity contribution in [1.82, 2.24) is 25.5 Å². The predicted molar refractivity (Wildman–Crippen MR) is 82.9 cm³/mol. The molecule has 3 heterocycles. The quantitative estimate of drug-likeness (QED) is 0.756. The van der Waals surface area contributed by atoms with Gasteiger partial charge < -0.3 is 14.5 Å². The maximum Gasteiger partial charge on any atom is 0.233 e. The minimum Gasteiger partial charge on any atom is -0.467 e. The maximum atomic E-state index is 12.2. The number of nitrogens with one attached hydrogen (secondary N) is 1. The first-order valence-electron chi connectivity index (χ1n) is 7.57. The molecule has 1 saturated heterocycles. The second kappa shape index (κ2) is 7.60. The monoisotopic (exact) mass is 337 g/mol. The number of aromatic nitrogens is 4. The van der Waals surface area contributed by atoms with Crippen LogP contribution in [0.1, 0.15) is 25.5 Å². The van der Waals surface area contributed by atoms with Crippen LogP contribution in [0.2, 0.25) is 0 Å². The van der Waals surface area contributed by atoms with E-state index in [1.165, 1.54) is 11.8 Å². The Morgan fingerprint density at radius 3 is 3.26 bits per heavy atom. The van der Waals surface area contributed by atoms with Crippen molar-refractivity contribution < 1.29 is 13.9 Å². The van der Waals surface area contributed by atoms with Crippen molar-refractivity contribution in [2.24, 2.45) is 0 Å². The highest BCUT2D eigenvalue weighted by Crippen LogP contribution is 2.21. The molecule has 0 saturated carbocycles. The number of thioether (sulfide) groups is 1. The number of hydrogen-bond donors (Lipinski definition) is 1. The molecule has 2 aromatic heterocycles. The molecule has 9 heteroatoms. The molecule has 1 N–H and O–H groups in total. The lowest BCUT2D eigenvalue weighted by atomic mass is 10.2. The van der Waals surface area contributed by atoms with E-state index in [0.29, 0.717) is 18.2 Å². The molecule has 1 aliphatic rings. The van der Waals surface area contributed by atoms with E-state index in [0.717, 1.165) is 25.2 Å². The third-order valence-corrected chi connectivity index (χ3v) is 4.63. The van der Waals surface area contributed by atoms with Gasteiger partial charge in [-0.25, -0.2) is 4.68 Å². The standard InChI is InChI=1S/C14H19N5O3S/c1-10(13(20)15-8-11-4-2-6-21-11)23-14-16-17-18-19(14)9-12-5-3-7-22-12/h3,5,7,10-11H,2,4,6,8-9H2,1H3,(H,15,20)/t10-,11-/m1/s1. The molecule has 0 radical (unpaired) electrons. The van der Waals surface area contributed by atoms with Crippen LogP contribution in [0.25, 0.3) is 0 Å². The number of hydrogen-bond acceptors (Lipinski definition) is 7. The van der Waals surface area contributed by atoms with Crippen LogP contribution in [0.15, 0.2) is 28.0 Å². The molecule has 0 bridgehead atoms. The number of ether oxygens (including phenoxy) is 1. The summed E-state index contributed by atoms with van der Waals surface area (Å²) in [4.78, 5) is 12.2. The van der Waals surface area contributed by atoms with Gasteiger partial charge in [-0.3, -0.25) is 4.79 Å². The van der Waals surface area contributed by atoms with Gasteiger partial charge in [0, 0.05) is 13.2 Å². The summed E-state index contributed by atoms with van der Waals surface area (Å²) < 4.78 is 12.4. The average Bonchev–Trinajstić information content (AvgIpc) is 3.28. The van der Waals surface area contributed by atoms with Crippen LogP contribution >= 0.6 is 11.8 Å². The fraction of sp³-hybridized carbons (Fsp3) is 0.571. The molecule has 2 atom stereocenters. The van der Waals surface area contributed by atoms with Crippen LogP contribution in [-0.4, -0.2) is 50.6 Å². The van der Waals surface area contributed by atoms with Crippen LogP contribution in [0.4, 0.5) is 0 Å². The molecular formula is C14H19N5O3S. The zero-order valence-electron chi connectivity index (χ0n) is 12.8. The van der Waals surface area contributed by atoms with Gasteiger partial charge in [-0.1, -0.05) is 11.8 Å². The minimum atomic E-state index is -0.294. The molecule has 1 fully saturated rings. The molecule has 0 spiro atoms. The lowest BCUT2D eigenvalue weighted by molar-refractivity contribution is -0.120. The van der Waals surface area contributed by atoms with Gasteiger partial charge in [-0.05, 0) is 42.3 Å². The number of carbonyl (C=O) groups excluding carboxylic acids is 1. The summed E-state index contributed by atoms with van der Waals surface area (Å²) in [5.74, 6) is 0.715. The first-order valence-corrected chi connectivity index (χ1v) is 8.45. The van der Waals surface area contributed by atoms with Crippen LogP contribution < -0.4 is 5.32 Å². The topological polar surface area (TPSA) is 95.1 Å². The number of tetrazole rings is 1. The maximum absolute atomic E-state index is 12.2. The molecule has 1 aliphatic heterocycles. The molecule has 3 rings (SSSR count). The second-order valence-electron chi connectivity index (χ2n) is 5.34. The normalized spacial score (nSPS) is 18.9. The molecule has 0 aliphatic carbocycles. The Balaban J connectivity index is 1.51. The highest BCUT2D eigenvalue weighted by molar-refractivity contribution is 8.00. The van der Waals surface area contributed by atoms with E-state index in [9.17, 15) is 4.79 Å². The first-order chi connectivity index (χ1) is 11.2. The van der Waals surface area contributed by atoms with E-state index >= 15 is 0 Å². The number of amides is 1. The fourth-order valence-electron chi connectivity index (χ4n) is 2.31. The number of nitrogens with zero attached hydrogens (tertiary/aromatic N) is 4. The van der Waals surface area contributed by atoms with Crippen molar-refractivity contribution in [3.05, 3.63) is 24.2 Å². The summed E-state index contributed by atoms with van der Waals surface area (Å²) in [7, 11) is 0. The Morgan fingerprint density at radius 1 is 1.61 bits per heavy atom. The Bertz CT molecular complexity index is 624. The Labute approximate surface area is 137 Å². The number of furan rings is 1. The van der Waals surface area contributed by atoms with E-state index in [1.54, 1.807) is 10.9 Å². The van der Waals surface area contributed by atoms with Gasteiger partial charge in [0.15, 0.2) is 0 Å². The van der Waals surface area contributed by atoms with Gasteiger partial charge in [0.1, 0.15) is 12.3 Å². The van der Waals surface area contributed by atoms with Crippen molar-refractivity contribution in [3.63, 3.8) is 0 Å². The minimum absolute atomic E-state index is 0.0435. The molecule has 8 nitrogen and oxygen atoms in total. The zero-order valence-corrected chi connectivity index (χ0v) is 13.7. The van der Waals surface area contributed by atoms with Gasteiger partial charge in [0.05, 0.1) is 17.6 Å². The van der Waals surface area contributed by atoms with Gasteiger partial charge in [-0.2, -0.15) is 0 Å². The van der Waals surface area contributed by atoms with Crippen LogP contribution in [0.3, 0.4) is 0 Å². The van der Waals surface area contributed by atoms with Gasteiger partial charge in [-0.15, -0.1) is 5.10 Å². The summed E-state index contributed by atoms with van der Waals surface area (Å²) in [6.07, 6.45) is 3.81. The lowest BCUT2D eigenvalue weighted by Crippen LogP contribution is -2.36. The summed E-state index contributed by atoms with van der Waals surface area (Å²) in [5.41, 5.74) is 0. The highest BCUT2D eigenvalue weighted by atomic mass is 32.2. The van der Waals surface area contributed by atoms with Crippen LogP contribution in [0.5, 0.6) is 0 Å². The third kappa shape index (κ3) is 4.32. The lowest BCUT2D eigenvalue weighted by Gasteiger charge is -2.14. The third-order valence-electron chi connectivity index (χ3n) is 3.56. The van der Waals surface area contributed by atoms with Crippen molar-refractivity contribution >= 4 is 17.7 Å². The summed E-state index contributed by atoms with van der Waals surface area (Å²) in [6.45, 7) is 3.61. The summed E-state index contributed by atoms with van der Waals surface area (Å²) in [5, 5.41) is 14.8. The van der Waals surface area contributed by atoms with Gasteiger partial charge >= 0.3 is 0 Å². The molecular weight excluding hydrogens is 318 g/mol. The Kier molecular flexibility index (Phi) is 5.29. The van der Waals surface area contributed by atoms with Crippen LogP contribution in [-0.2, 0) is 16.1 Å². The first kappa shape index (κ1) is 16.0. The number of rotatable bonds is 7. The largest absolute Gasteiger partial charge is 0.467 e. The Hall–Kier alpha value is -1.87. The smallest absolute Gasteiger partial charge is 0.233 e. The molecule has 0 aromatic carbocycles. The molecule has 0 unspecified atom stereocenters. The molecule has 23 heavy (non-hydrogen) atoms. The summed E-state index contributed by atoms with van der Waals surface area (Å²) >= 11 is 1.32. The average molecular weight is 337 g/mol. The van der Waals surface area contributed by atoms with Crippen molar-refractivity contribution in [2.75, 3.05) is 13.2 Å². The predicted octanol–water partition coefficient (Wildman–Crippen LogP) is 1.09. The molecule has 124 valence electrons. The van der Waals surface area contributed by atoms with E-state index < -0.39 is 0 Å². The zero-order chi connectivity index (χ0) is 16.1. The van der Waals surface area contributed by atoms with E-state index in [-0.39, 0.29) is 17.3 Å². The number of carbonyl (C=O) groups is 1. The molecule has 2 aromatic rings. The molecule has 1 amide bonds. The van der Waals surface area contributed by atoms with Crippen molar-refractivity contribution in [1.29, 1.82) is 0 Å². The van der Waals surface area contributed by atoms with Crippen LogP contribution in [0, 0.1) is 0 Å². The van der Waals surface area contributed by atoms with Gasteiger partial charge in [0.2, 0.25) is 11.1 Å². The highest BCUT2D eigenvalue weighted by Gasteiger charge is 2.21. The van der Waals surface area contributed by atoms with E-state index in [2.05, 4.69) is 20.8 Å². The van der Waals surface area contributed by atoms with E-state index in [1.807, 2.05) is 19.1 Å². The summed E-state index contributed by atoms with van der Waals surface area (Å²) in [6, 6.07) is 3.67.